The van der Waals surface area contributed by atoms with Gasteiger partial charge in [0.25, 0.3) is 0 Å². The second-order valence-corrected chi connectivity index (χ2v) is 6.96. The topological polar surface area (TPSA) is 41.6 Å². The van der Waals surface area contributed by atoms with Crippen molar-refractivity contribution in [2.45, 2.75) is 78.3 Å². The van der Waals surface area contributed by atoms with E-state index in [1.807, 2.05) is 0 Å². The Hall–Kier alpha value is -0.730. The number of guanidine groups is 1. The molecule has 1 aliphatic carbocycles. The minimum Gasteiger partial charge on any atom is -0.370 e. The summed E-state index contributed by atoms with van der Waals surface area (Å²) in [6, 6.07) is 0.620. The van der Waals surface area contributed by atoms with Gasteiger partial charge in [-0.3, -0.25) is 0 Å². The second-order valence-electron chi connectivity index (χ2n) is 6.96. The molecule has 106 valence electrons. The molecule has 2 N–H and O–H groups in total. The van der Waals surface area contributed by atoms with Crippen LogP contribution in [-0.4, -0.2) is 29.0 Å². The number of rotatable bonds is 4. The predicted octanol–water partition coefficient (Wildman–Crippen LogP) is 3.39. The molecule has 0 aromatic rings. The Labute approximate surface area is 113 Å². The number of hydrogen-bond donors (Lipinski definition) is 1. The summed E-state index contributed by atoms with van der Waals surface area (Å²) in [5, 5.41) is 0. The van der Waals surface area contributed by atoms with Crippen molar-refractivity contribution in [3.8, 4) is 0 Å². The Morgan fingerprint density at radius 2 is 1.83 bits per heavy atom. The van der Waals surface area contributed by atoms with E-state index in [-0.39, 0.29) is 5.54 Å². The maximum absolute atomic E-state index is 6.25. The Balaban J connectivity index is 2.72. The van der Waals surface area contributed by atoms with E-state index in [2.05, 4.69) is 44.5 Å². The van der Waals surface area contributed by atoms with Crippen molar-refractivity contribution in [1.82, 2.24) is 4.90 Å². The van der Waals surface area contributed by atoms with Gasteiger partial charge in [0.15, 0.2) is 5.96 Å². The van der Waals surface area contributed by atoms with Crippen molar-refractivity contribution in [3.63, 3.8) is 0 Å². The third-order valence-corrected chi connectivity index (χ3v) is 3.46. The molecule has 0 saturated heterocycles. The number of aliphatic imine (C=N–C) groups is 1. The van der Waals surface area contributed by atoms with Crippen molar-refractivity contribution in [1.29, 1.82) is 0 Å². The monoisotopic (exact) mass is 253 g/mol. The molecule has 0 radical (unpaired) electrons. The quantitative estimate of drug-likeness (QED) is 0.616. The maximum Gasteiger partial charge on any atom is 0.192 e. The van der Waals surface area contributed by atoms with Crippen LogP contribution in [0.25, 0.3) is 0 Å². The molecular weight excluding hydrogens is 222 g/mol. The summed E-state index contributed by atoms with van der Waals surface area (Å²) in [6.07, 6.45) is 6.42. The van der Waals surface area contributed by atoms with Crippen LogP contribution >= 0.6 is 0 Å². The summed E-state index contributed by atoms with van der Waals surface area (Å²) in [5.41, 5.74) is 6.16. The zero-order valence-electron chi connectivity index (χ0n) is 12.9. The zero-order chi connectivity index (χ0) is 13.8. The molecule has 1 saturated carbocycles. The van der Waals surface area contributed by atoms with E-state index in [0.29, 0.717) is 6.04 Å². The summed E-state index contributed by atoms with van der Waals surface area (Å²) in [4.78, 5) is 7.01. The molecule has 3 heteroatoms. The van der Waals surface area contributed by atoms with Gasteiger partial charge in [0.2, 0.25) is 0 Å². The molecular formula is C15H31N3. The maximum atomic E-state index is 6.25. The molecule has 0 aliphatic heterocycles. The van der Waals surface area contributed by atoms with Crippen molar-refractivity contribution in [3.05, 3.63) is 0 Å². The van der Waals surface area contributed by atoms with E-state index in [9.17, 15) is 0 Å². The molecule has 0 spiro atoms. The van der Waals surface area contributed by atoms with Crippen LogP contribution < -0.4 is 5.73 Å². The van der Waals surface area contributed by atoms with Gasteiger partial charge in [-0.05, 0) is 46.0 Å². The standard InChI is InChI=1S/C15H31N3/c1-12(2)10-11-18(13-8-6-7-9-13)14(16)17-15(3,4)5/h12-13H,6-11H2,1-5H3,(H2,16,17). The first-order chi connectivity index (χ1) is 8.29. The van der Waals surface area contributed by atoms with Crippen LogP contribution in [0.2, 0.25) is 0 Å². The van der Waals surface area contributed by atoms with Gasteiger partial charge >= 0.3 is 0 Å². The third kappa shape index (κ3) is 5.28. The number of nitrogens with two attached hydrogens (primary N) is 1. The highest BCUT2D eigenvalue weighted by atomic mass is 15.3. The molecule has 18 heavy (non-hydrogen) atoms. The van der Waals surface area contributed by atoms with Crippen molar-refractivity contribution < 1.29 is 0 Å². The van der Waals surface area contributed by atoms with E-state index in [1.54, 1.807) is 0 Å². The largest absolute Gasteiger partial charge is 0.370 e. The molecule has 0 aromatic heterocycles. The normalized spacial score (nSPS) is 18.7. The van der Waals surface area contributed by atoms with E-state index in [0.717, 1.165) is 18.4 Å². The van der Waals surface area contributed by atoms with Crippen molar-refractivity contribution in [2.24, 2.45) is 16.6 Å². The summed E-state index contributed by atoms with van der Waals surface area (Å²) in [6.45, 7) is 11.9. The van der Waals surface area contributed by atoms with Crippen LogP contribution in [0.1, 0.15) is 66.7 Å². The van der Waals surface area contributed by atoms with Gasteiger partial charge in [-0.15, -0.1) is 0 Å². The van der Waals surface area contributed by atoms with Gasteiger partial charge in [-0.2, -0.15) is 0 Å². The first-order valence-electron chi connectivity index (χ1n) is 7.41. The van der Waals surface area contributed by atoms with Gasteiger partial charge in [0, 0.05) is 12.6 Å². The first kappa shape index (κ1) is 15.3. The van der Waals surface area contributed by atoms with E-state index in [4.69, 9.17) is 5.73 Å². The fourth-order valence-corrected chi connectivity index (χ4v) is 2.51. The molecule has 0 heterocycles. The molecule has 1 fully saturated rings. The number of nitrogens with zero attached hydrogens (tertiary/aromatic N) is 2. The fourth-order valence-electron chi connectivity index (χ4n) is 2.51. The van der Waals surface area contributed by atoms with Crippen LogP contribution in [0.5, 0.6) is 0 Å². The molecule has 3 nitrogen and oxygen atoms in total. The highest BCUT2D eigenvalue weighted by Gasteiger charge is 2.25. The summed E-state index contributed by atoms with van der Waals surface area (Å²) < 4.78 is 0. The number of hydrogen-bond acceptors (Lipinski definition) is 1. The average molecular weight is 253 g/mol. The lowest BCUT2D eigenvalue weighted by Gasteiger charge is -2.32. The molecule has 0 amide bonds. The molecule has 1 rings (SSSR count). The Bertz CT molecular complexity index is 270. The lowest BCUT2D eigenvalue weighted by molar-refractivity contribution is 0.289. The van der Waals surface area contributed by atoms with Gasteiger partial charge in [0.05, 0.1) is 5.54 Å². The van der Waals surface area contributed by atoms with Crippen LogP contribution in [0, 0.1) is 5.92 Å². The minimum atomic E-state index is -0.0846. The van der Waals surface area contributed by atoms with E-state index < -0.39 is 0 Å². The molecule has 0 unspecified atom stereocenters. The van der Waals surface area contributed by atoms with Crippen molar-refractivity contribution >= 4 is 5.96 Å². The highest BCUT2D eigenvalue weighted by Crippen LogP contribution is 2.24. The van der Waals surface area contributed by atoms with Gasteiger partial charge in [-0.25, -0.2) is 4.99 Å². The lowest BCUT2D eigenvalue weighted by atomic mass is 10.1. The Kier molecular flexibility index (Phi) is 5.48. The van der Waals surface area contributed by atoms with E-state index in [1.165, 1.54) is 32.1 Å². The second kappa shape index (κ2) is 6.44. The van der Waals surface area contributed by atoms with Crippen LogP contribution in [0.15, 0.2) is 4.99 Å². The van der Waals surface area contributed by atoms with Crippen molar-refractivity contribution in [2.75, 3.05) is 6.54 Å². The molecule has 0 bridgehead atoms. The smallest absolute Gasteiger partial charge is 0.192 e. The SMILES string of the molecule is CC(C)CCN(C(N)=NC(C)(C)C)C1CCCC1. The lowest BCUT2D eigenvalue weighted by Crippen LogP contribution is -2.45. The molecule has 1 aliphatic rings. The summed E-state index contributed by atoms with van der Waals surface area (Å²) >= 11 is 0. The highest BCUT2D eigenvalue weighted by molar-refractivity contribution is 5.78. The van der Waals surface area contributed by atoms with E-state index >= 15 is 0 Å². The van der Waals surface area contributed by atoms with Crippen LogP contribution in [0.3, 0.4) is 0 Å². The summed E-state index contributed by atoms with van der Waals surface area (Å²) in [5.74, 6) is 1.46. The van der Waals surface area contributed by atoms with Gasteiger partial charge in [0.1, 0.15) is 0 Å². The fraction of sp³-hybridized carbons (Fsp3) is 0.933. The van der Waals surface area contributed by atoms with Crippen LogP contribution in [0.4, 0.5) is 0 Å². The minimum absolute atomic E-state index is 0.0846. The predicted molar refractivity (Wildman–Crippen MR) is 79.8 cm³/mol. The molecule has 0 aromatic carbocycles. The zero-order valence-corrected chi connectivity index (χ0v) is 12.9. The first-order valence-corrected chi connectivity index (χ1v) is 7.41. The Morgan fingerprint density at radius 1 is 1.28 bits per heavy atom. The summed E-state index contributed by atoms with van der Waals surface area (Å²) in [7, 11) is 0. The van der Waals surface area contributed by atoms with Gasteiger partial charge < -0.3 is 10.6 Å². The molecule has 0 atom stereocenters. The average Bonchev–Trinajstić information content (AvgIpc) is 2.67. The van der Waals surface area contributed by atoms with Crippen LogP contribution in [-0.2, 0) is 0 Å². The van der Waals surface area contributed by atoms with Gasteiger partial charge in [-0.1, -0.05) is 26.7 Å². The Morgan fingerprint density at radius 3 is 2.28 bits per heavy atom. The third-order valence-electron chi connectivity index (χ3n) is 3.46.